The summed E-state index contributed by atoms with van der Waals surface area (Å²) in [6, 6.07) is 12.1. The predicted molar refractivity (Wildman–Crippen MR) is 214 cm³/mol. The molecule has 3 amide bonds. The van der Waals surface area contributed by atoms with E-state index in [1.807, 2.05) is 48.2 Å². The number of ether oxygens (including phenoxy) is 1. The van der Waals surface area contributed by atoms with Gasteiger partial charge in [-0.1, -0.05) is 54.9 Å². The first-order valence-electron chi connectivity index (χ1n) is 19.4. The monoisotopic (exact) mass is 844 g/mol. The fourth-order valence-electron chi connectivity index (χ4n) is 8.24. The average Bonchev–Trinajstić information content (AvgIpc) is 3.63. The van der Waals surface area contributed by atoms with Crippen LogP contribution in [0.4, 0.5) is 24.5 Å². The van der Waals surface area contributed by atoms with Crippen LogP contribution in [0.5, 0.6) is 5.75 Å². The number of hydrogen-bond donors (Lipinski definition) is 2. The molecule has 312 valence electrons. The number of amides is 3. The lowest BCUT2D eigenvalue weighted by Gasteiger charge is -2.50. The Kier molecular flexibility index (Phi) is 10.6. The smallest absolute Gasteiger partial charge is 0.416 e. The van der Waals surface area contributed by atoms with Gasteiger partial charge in [-0.05, 0) is 67.4 Å². The van der Waals surface area contributed by atoms with Gasteiger partial charge in [-0.25, -0.2) is 9.97 Å². The van der Waals surface area contributed by atoms with Gasteiger partial charge in [0.1, 0.15) is 25.2 Å². The van der Waals surface area contributed by atoms with E-state index in [1.54, 1.807) is 16.4 Å². The van der Waals surface area contributed by atoms with Gasteiger partial charge in [-0.2, -0.15) is 22.7 Å². The Morgan fingerprint density at radius 2 is 1.77 bits per heavy atom. The van der Waals surface area contributed by atoms with E-state index in [0.29, 0.717) is 36.5 Å². The molecule has 0 radical (unpaired) electrons. The number of allylic oxidation sites excluding steroid dienone is 2. The van der Waals surface area contributed by atoms with Crippen molar-refractivity contribution in [2.75, 3.05) is 36.4 Å². The summed E-state index contributed by atoms with van der Waals surface area (Å²) in [5, 5.41) is 6.91. The minimum Gasteiger partial charge on any atom is -0.485 e. The highest BCUT2D eigenvalue weighted by Gasteiger charge is 2.50. The molecule has 2 aromatic carbocycles. The van der Waals surface area contributed by atoms with Gasteiger partial charge in [0, 0.05) is 32.1 Å². The number of halogens is 4. The van der Waals surface area contributed by atoms with Crippen LogP contribution in [0.1, 0.15) is 65.0 Å². The number of fused-ring (bicyclic) bond motifs is 1. The summed E-state index contributed by atoms with van der Waals surface area (Å²) in [6.07, 6.45) is 0.799. The second-order valence-electron chi connectivity index (χ2n) is 15.3. The molecular weight excluding hydrogens is 805 g/mol. The van der Waals surface area contributed by atoms with Gasteiger partial charge in [0.05, 0.1) is 27.7 Å². The van der Waals surface area contributed by atoms with Gasteiger partial charge >= 0.3 is 6.18 Å². The Morgan fingerprint density at radius 1 is 1.05 bits per heavy atom. The molecule has 2 aliphatic carbocycles. The number of rotatable bonds is 11. The molecule has 4 heterocycles. The van der Waals surface area contributed by atoms with E-state index in [4.69, 9.17) is 27.1 Å². The first-order chi connectivity index (χ1) is 28.6. The number of anilines is 2. The Morgan fingerprint density at radius 3 is 2.42 bits per heavy atom. The molecule has 1 saturated carbocycles. The van der Waals surface area contributed by atoms with E-state index in [1.165, 1.54) is 6.33 Å². The topological polar surface area (TPSA) is 183 Å². The summed E-state index contributed by atoms with van der Waals surface area (Å²) in [5.41, 5.74) is 6.90. The third kappa shape index (κ3) is 7.66. The van der Waals surface area contributed by atoms with Crippen molar-refractivity contribution >= 4 is 52.0 Å². The van der Waals surface area contributed by atoms with Gasteiger partial charge < -0.3 is 30.2 Å². The zero-order valence-corrected chi connectivity index (χ0v) is 33.4. The molecule has 8 rings (SSSR count). The molecule has 1 saturated heterocycles. The van der Waals surface area contributed by atoms with E-state index < -0.39 is 29.8 Å². The van der Waals surface area contributed by atoms with Crippen molar-refractivity contribution in [3.63, 3.8) is 0 Å². The summed E-state index contributed by atoms with van der Waals surface area (Å²) < 4.78 is 48.7. The van der Waals surface area contributed by atoms with Crippen LogP contribution in [-0.2, 0) is 35.3 Å². The van der Waals surface area contributed by atoms with Crippen molar-refractivity contribution < 1.29 is 32.3 Å². The van der Waals surface area contributed by atoms with E-state index in [0.717, 1.165) is 33.9 Å². The highest BCUT2D eigenvalue weighted by molar-refractivity contribution is 6.33. The maximum atomic E-state index is 14.5. The summed E-state index contributed by atoms with van der Waals surface area (Å²) in [5.74, 6) is -0.868. The number of alkyl halides is 3. The molecule has 19 heteroatoms. The molecule has 1 aliphatic heterocycles. The molecular formula is C41H40ClF3N10O5. The number of benzene rings is 2. The summed E-state index contributed by atoms with van der Waals surface area (Å²) >= 11 is 6.17. The zero-order chi connectivity index (χ0) is 42.5. The maximum Gasteiger partial charge on any atom is 0.416 e. The number of aromatic nitrogens is 6. The molecule has 0 bridgehead atoms. The summed E-state index contributed by atoms with van der Waals surface area (Å²) in [6.45, 7) is 4.31. The normalized spacial score (nSPS) is 18.8. The van der Waals surface area contributed by atoms with E-state index >= 15 is 0 Å². The van der Waals surface area contributed by atoms with Crippen molar-refractivity contribution in [1.29, 1.82) is 0 Å². The lowest BCUT2D eigenvalue weighted by molar-refractivity contribution is -0.137. The average molecular weight is 845 g/mol. The first kappa shape index (κ1) is 40.5. The van der Waals surface area contributed by atoms with Crippen LogP contribution < -0.4 is 26.2 Å². The molecule has 3 aromatic heterocycles. The Labute approximate surface area is 346 Å². The fraction of sp³-hybridized carbons (Fsp3) is 0.366. The number of carbonyl (C=O) groups is 3. The molecule has 3 N–H and O–H groups in total. The number of aryl methyl sites for hydroxylation is 1. The number of nitrogens with two attached hydrogens (primary N) is 1. The van der Waals surface area contributed by atoms with Crippen molar-refractivity contribution in [3.05, 3.63) is 110 Å². The minimum atomic E-state index is -4.63. The van der Waals surface area contributed by atoms with Crippen molar-refractivity contribution in [1.82, 2.24) is 34.0 Å². The quantitative estimate of drug-likeness (QED) is 0.182. The first-order valence-corrected chi connectivity index (χ1v) is 19.8. The Bertz CT molecular complexity index is 2620. The van der Waals surface area contributed by atoms with Crippen LogP contribution >= 0.6 is 11.6 Å². The predicted octanol–water partition coefficient (Wildman–Crippen LogP) is 5.07. The van der Waals surface area contributed by atoms with Crippen LogP contribution in [0.2, 0.25) is 5.02 Å². The molecule has 15 nitrogen and oxygen atoms in total. The van der Waals surface area contributed by atoms with Crippen LogP contribution in [-0.4, -0.2) is 77.9 Å². The number of primary amides is 1. The van der Waals surface area contributed by atoms with Crippen molar-refractivity contribution in [3.8, 4) is 5.75 Å². The van der Waals surface area contributed by atoms with Crippen molar-refractivity contribution in [2.24, 2.45) is 17.1 Å². The number of carbonyl (C=O) groups excluding carboxylic acids is 3. The lowest BCUT2D eigenvalue weighted by atomic mass is 9.53. The number of nitrogens with one attached hydrogen (secondary N) is 1. The standard InChI is InChI=1S/C41H40ClF3N10O5/c1-3-30-33(52-11-13-53(14-12-52)37(58)32-34(23(2)47-22-48-32)60-21-24-7-5-4-6-8-24)38(59)55-39(50-36(51-55)26-18-40(19-26)16-25(17-40)35(46)57)54(30)20-31(56)49-29-10-9-27(15-28(29)42)41(43,44)45/h4-10,15,18,22,25H,3,11-14,16-17,19-21H2,1-2H3,(H2,46,57)(H,49,56). The van der Waals surface area contributed by atoms with Crippen molar-refractivity contribution in [2.45, 2.75) is 58.9 Å². The maximum absolute atomic E-state index is 14.5. The Hall–Kier alpha value is -6.30. The molecule has 3 aliphatic rings. The largest absolute Gasteiger partial charge is 0.485 e. The Balaban J connectivity index is 1.08. The molecule has 5 aromatic rings. The molecule has 60 heavy (non-hydrogen) atoms. The van der Waals surface area contributed by atoms with Crippen LogP contribution in [0.15, 0.2) is 65.7 Å². The van der Waals surface area contributed by atoms with E-state index in [9.17, 15) is 32.3 Å². The molecule has 0 unspecified atom stereocenters. The van der Waals surface area contributed by atoms with Crippen LogP contribution in [0, 0.1) is 18.3 Å². The van der Waals surface area contributed by atoms with Gasteiger partial charge in [-0.15, -0.1) is 5.10 Å². The van der Waals surface area contributed by atoms with Gasteiger partial charge in [0.2, 0.25) is 17.6 Å². The van der Waals surface area contributed by atoms with Crippen LogP contribution in [0.3, 0.4) is 0 Å². The summed E-state index contributed by atoms with van der Waals surface area (Å²) in [7, 11) is 0. The lowest BCUT2D eigenvalue weighted by Crippen LogP contribution is -2.51. The van der Waals surface area contributed by atoms with Gasteiger partial charge in [0.25, 0.3) is 11.5 Å². The highest BCUT2D eigenvalue weighted by Crippen LogP contribution is 2.58. The van der Waals surface area contributed by atoms with Gasteiger partial charge in [-0.3, -0.25) is 19.2 Å². The van der Waals surface area contributed by atoms with Gasteiger partial charge in [0.15, 0.2) is 17.3 Å². The molecule has 2 fully saturated rings. The van der Waals surface area contributed by atoms with E-state index in [-0.39, 0.29) is 96.0 Å². The van der Waals surface area contributed by atoms with E-state index in [2.05, 4.69) is 20.4 Å². The third-order valence-corrected chi connectivity index (χ3v) is 11.7. The second kappa shape index (κ2) is 15.7. The zero-order valence-electron chi connectivity index (χ0n) is 32.6. The highest BCUT2D eigenvalue weighted by atomic mass is 35.5. The number of piperazine rings is 1. The third-order valence-electron chi connectivity index (χ3n) is 11.3. The number of hydrogen-bond acceptors (Lipinski definition) is 10. The minimum absolute atomic E-state index is 0.0276. The molecule has 0 atom stereocenters. The SMILES string of the molecule is CCc1c(N2CCN(C(=O)c3ncnc(C)c3OCc3ccccc3)CC2)c(=O)n2nc(C3=CC4(C3)CC(C(N)=O)C4)nc2n1CC(=O)Nc1ccc(C(F)(F)F)cc1Cl. The molecule has 1 spiro atoms. The van der Waals surface area contributed by atoms with Crippen LogP contribution in [0.25, 0.3) is 11.4 Å². The second-order valence-corrected chi connectivity index (χ2v) is 15.7. The number of nitrogens with zero attached hydrogens (tertiary/aromatic N) is 8. The summed E-state index contributed by atoms with van der Waals surface area (Å²) in [4.78, 5) is 70.5. The fourth-order valence-corrected chi connectivity index (χ4v) is 8.47.